The molecule has 1 atom stereocenters. The topological polar surface area (TPSA) is 76.8 Å². The Hall–Kier alpha value is -3.09. The maximum atomic E-state index is 12.3. The Morgan fingerprint density at radius 2 is 2.16 bits per heavy atom. The molecule has 2 N–H and O–H groups in total. The van der Waals surface area contributed by atoms with E-state index in [2.05, 4.69) is 20.7 Å². The first-order chi connectivity index (χ1) is 12.1. The van der Waals surface area contributed by atoms with E-state index in [0.717, 1.165) is 23.4 Å². The van der Waals surface area contributed by atoms with Gasteiger partial charge >= 0.3 is 6.03 Å². The molecule has 0 aliphatic carbocycles. The summed E-state index contributed by atoms with van der Waals surface area (Å²) in [6, 6.07) is 9.48. The largest absolute Gasteiger partial charge is 0.331 e. The first-order valence-electron chi connectivity index (χ1n) is 8.25. The molecule has 1 aromatic carbocycles. The summed E-state index contributed by atoms with van der Waals surface area (Å²) >= 11 is 0. The SMILES string of the molecule is CCc1cc(NC(=O)N[C@@H](C)c2cccc(-n3ccnc3)c2)n(C)n1. The Labute approximate surface area is 146 Å². The van der Waals surface area contributed by atoms with Gasteiger partial charge in [-0.05, 0) is 31.0 Å². The van der Waals surface area contributed by atoms with E-state index < -0.39 is 0 Å². The molecule has 2 amide bonds. The lowest BCUT2D eigenvalue weighted by Crippen LogP contribution is -2.31. The van der Waals surface area contributed by atoms with Gasteiger partial charge in [0.15, 0.2) is 0 Å². The van der Waals surface area contributed by atoms with Crippen LogP contribution in [-0.4, -0.2) is 25.4 Å². The van der Waals surface area contributed by atoms with Crippen molar-refractivity contribution in [1.82, 2.24) is 24.6 Å². The molecule has 0 unspecified atom stereocenters. The van der Waals surface area contributed by atoms with E-state index in [1.165, 1.54) is 0 Å². The van der Waals surface area contributed by atoms with E-state index in [1.807, 2.05) is 62.0 Å². The lowest BCUT2D eigenvalue weighted by atomic mass is 10.1. The van der Waals surface area contributed by atoms with Gasteiger partial charge in [-0.25, -0.2) is 9.78 Å². The quantitative estimate of drug-likeness (QED) is 0.750. The standard InChI is InChI=1S/C18H22N6O/c1-4-15-11-17(23(3)22-15)21-18(25)20-13(2)14-6-5-7-16(10-14)24-9-8-19-12-24/h5-13H,4H2,1-3H3,(H2,20,21,25)/t13-/m0/s1. The molecule has 7 nitrogen and oxygen atoms in total. The number of aryl methyl sites for hydroxylation is 2. The molecule has 130 valence electrons. The maximum Gasteiger partial charge on any atom is 0.320 e. The van der Waals surface area contributed by atoms with Crippen LogP contribution in [-0.2, 0) is 13.5 Å². The first-order valence-corrected chi connectivity index (χ1v) is 8.25. The minimum atomic E-state index is -0.258. The highest BCUT2D eigenvalue weighted by molar-refractivity contribution is 5.88. The molecule has 2 aromatic heterocycles. The average Bonchev–Trinajstić information content (AvgIpc) is 3.25. The summed E-state index contributed by atoms with van der Waals surface area (Å²) in [5, 5.41) is 10.1. The van der Waals surface area contributed by atoms with E-state index >= 15 is 0 Å². The number of nitrogens with zero attached hydrogens (tertiary/aromatic N) is 4. The molecule has 0 fully saturated rings. The van der Waals surface area contributed by atoms with Crippen LogP contribution in [0.3, 0.4) is 0 Å². The van der Waals surface area contributed by atoms with Crippen molar-refractivity contribution in [3.05, 3.63) is 60.3 Å². The number of amides is 2. The van der Waals surface area contributed by atoms with Gasteiger partial charge < -0.3 is 9.88 Å². The monoisotopic (exact) mass is 338 g/mol. The third-order valence-electron chi connectivity index (χ3n) is 4.05. The summed E-state index contributed by atoms with van der Waals surface area (Å²) in [6.07, 6.45) is 6.20. The molecule has 7 heteroatoms. The van der Waals surface area contributed by atoms with Crippen molar-refractivity contribution in [3.63, 3.8) is 0 Å². The van der Waals surface area contributed by atoms with Crippen LogP contribution in [0.4, 0.5) is 10.6 Å². The van der Waals surface area contributed by atoms with E-state index in [9.17, 15) is 4.79 Å². The molecular formula is C18H22N6O. The molecule has 0 aliphatic heterocycles. The molecular weight excluding hydrogens is 316 g/mol. The number of rotatable bonds is 5. The summed E-state index contributed by atoms with van der Waals surface area (Å²) in [4.78, 5) is 16.3. The van der Waals surface area contributed by atoms with Gasteiger partial charge in [-0.15, -0.1) is 0 Å². The molecule has 25 heavy (non-hydrogen) atoms. The molecule has 2 heterocycles. The zero-order chi connectivity index (χ0) is 17.8. The fourth-order valence-corrected chi connectivity index (χ4v) is 2.62. The van der Waals surface area contributed by atoms with E-state index in [4.69, 9.17) is 0 Å². The number of benzene rings is 1. The van der Waals surface area contributed by atoms with Gasteiger partial charge in [-0.2, -0.15) is 5.10 Å². The molecule has 0 saturated carbocycles. The Kier molecular flexibility index (Phi) is 4.83. The average molecular weight is 338 g/mol. The van der Waals surface area contributed by atoms with Crippen LogP contribution in [0.25, 0.3) is 5.69 Å². The van der Waals surface area contributed by atoms with Crippen molar-refractivity contribution >= 4 is 11.8 Å². The van der Waals surface area contributed by atoms with E-state index in [1.54, 1.807) is 17.2 Å². The van der Waals surface area contributed by atoms with Crippen LogP contribution < -0.4 is 10.6 Å². The second-order valence-electron chi connectivity index (χ2n) is 5.88. The predicted molar refractivity (Wildman–Crippen MR) is 96.7 cm³/mol. The lowest BCUT2D eigenvalue weighted by molar-refractivity contribution is 0.249. The van der Waals surface area contributed by atoms with Gasteiger partial charge in [0.1, 0.15) is 5.82 Å². The smallest absolute Gasteiger partial charge is 0.320 e. The zero-order valence-electron chi connectivity index (χ0n) is 14.6. The Morgan fingerprint density at radius 1 is 1.32 bits per heavy atom. The van der Waals surface area contributed by atoms with E-state index in [0.29, 0.717) is 5.82 Å². The Bertz CT molecular complexity index is 852. The van der Waals surface area contributed by atoms with Gasteiger partial charge in [0.05, 0.1) is 18.1 Å². The lowest BCUT2D eigenvalue weighted by Gasteiger charge is -2.16. The number of carbonyl (C=O) groups excluding carboxylic acids is 1. The molecule has 0 saturated heterocycles. The van der Waals surface area contributed by atoms with Gasteiger partial charge in [0, 0.05) is 31.2 Å². The number of aromatic nitrogens is 4. The zero-order valence-corrected chi connectivity index (χ0v) is 14.6. The van der Waals surface area contributed by atoms with Crippen LogP contribution in [0.5, 0.6) is 0 Å². The second-order valence-corrected chi connectivity index (χ2v) is 5.88. The van der Waals surface area contributed by atoms with Gasteiger partial charge in [0.2, 0.25) is 0 Å². The number of imidazole rings is 1. The third kappa shape index (κ3) is 3.88. The Balaban J connectivity index is 1.67. The molecule has 0 aliphatic rings. The van der Waals surface area contributed by atoms with Gasteiger partial charge in [-0.1, -0.05) is 19.1 Å². The van der Waals surface area contributed by atoms with Gasteiger partial charge in [-0.3, -0.25) is 10.00 Å². The first kappa shape index (κ1) is 16.8. The number of urea groups is 1. The maximum absolute atomic E-state index is 12.3. The highest BCUT2D eigenvalue weighted by Crippen LogP contribution is 2.17. The molecule has 3 rings (SSSR count). The number of hydrogen-bond donors (Lipinski definition) is 2. The minimum Gasteiger partial charge on any atom is -0.331 e. The van der Waals surface area contributed by atoms with Crippen molar-refractivity contribution in [3.8, 4) is 5.69 Å². The highest BCUT2D eigenvalue weighted by atomic mass is 16.2. The summed E-state index contributed by atoms with van der Waals surface area (Å²) in [6.45, 7) is 3.98. The number of anilines is 1. The van der Waals surface area contributed by atoms with E-state index in [-0.39, 0.29) is 12.1 Å². The molecule has 0 radical (unpaired) electrons. The van der Waals surface area contributed by atoms with Crippen molar-refractivity contribution in [2.75, 3.05) is 5.32 Å². The summed E-state index contributed by atoms with van der Waals surface area (Å²) in [7, 11) is 1.81. The summed E-state index contributed by atoms with van der Waals surface area (Å²) < 4.78 is 3.60. The van der Waals surface area contributed by atoms with Crippen molar-refractivity contribution in [1.29, 1.82) is 0 Å². The van der Waals surface area contributed by atoms with Crippen molar-refractivity contribution in [2.45, 2.75) is 26.3 Å². The second kappa shape index (κ2) is 7.21. The fourth-order valence-electron chi connectivity index (χ4n) is 2.62. The Morgan fingerprint density at radius 3 is 2.84 bits per heavy atom. The molecule has 0 bridgehead atoms. The third-order valence-corrected chi connectivity index (χ3v) is 4.05. The van der Waals surface area contributed by atoms with Crippen molar-refractivity contribution in [2.24, 2.45) is 7.05 Å². The minimum absolute atomic E-state index is 0.137. The van der Waals surface area contributed by atoms with Crippen molar-refractivity contribution < 1.29 is 4.79 Å². The number of hydrogen-bond acceptors (Lipinski definition) is 3. The number of carbonyl (C=O) groups is 1. The number of nitrogens with one attached hydrogen (secondary N) is 2. The van der Waals surface area contributed by atoms with Crippen LogP contribution in [0.2, 0.25) is 0 Å². The van der Waals surface area contributed by atoms with Crippen LogP contribution in [0.15, 0.2) is 49.1 Å². The summed E-state index contributed by atoms with van der Waals surface area (Å²) in [5.74, 6) is 0.675. The highest BCUT2D eigenvalue weighted by Gasteiger charge is 2.12. The molecule has 0 spiro atoms. The van der Waals surface area contributed by atoms with Crippen LogP contribution in [0.1, 0.15) is 31.1 Å². The van der Waals surface area contributed by atoms with Crippen LogP contribution >= 0.6 is 0 Å². The van der Waals surface area contributed by atoms with Crippen LogP contribution in [0, 0.1) is 0 Å². The predicted octanol–water partition coefficient (Wildman–Crippen LogP) is 3.05. The fraction of sp³-hybridized carbons (Fsp3) is 0.278. The van der Waals surface area contributed by atoms with Gasteiger partial charge in [0.25, 0.3) is 0 Å². The summed E-state index contributed by atoms with van der Waals surface area (Å²) in [5.41, 5.74) is 2.96. The normalized spacial score (nSPS) is 12.0. The molecule has 3 aromatic rings.